The highest BCUT2D eigenvalue weighted by Gasteiger charge is 2.17. The van der Waals surface area contributed by atoms with E-state index in [0.717, 1.165) is 44.3 Å². The number of benzene rings is 1. The molecule has 4 heteroatoms. The van der Waals surface area contributed by atoms with Crippen molar-refractivity contribution in [2.45, 2.75) is 26.5 Å². The second-order valence-corrected chi connectivity index (χ2v) is 6.26. The minimum Gasteiger partial charge on any atom is -0.491 e. The van der Waals surface area contributed by atoms with E-state index >= 15 is 0 Å². The summed E-state index contributed by atoms with van der Waals surface area (Å²) in [5.41, 5.74) is 1.34. The van der Waals surface area contributed by atoms with Gasteiger partial charge in [-0.3, -0.25) is 4.90 Å². The van der Waals surface area contributed by atoms with Crippen LogP contribution in [-0.4, -0.2) is 42.2 Å². The summed E-state index contributed by atoms with van der Waals surface area (Å²) in [6, 6.07) is 14.6. The van der Waals surface area contributed by atoms with Gasteiger partial charge in [0, 0.05) is 38.9 Å². The fourth-order valence-corrected chi connectivity index (χ4v) is 2.88. The molecule has 23 heavy (non-hydrogen) atoms. The lowest BCUT2D eigenvalue weighted by Gasteiger charge is -2.35. The van der Waals surface area contributed by atoms with Crippen LogP contribution in [0.2, 0.25) is 0 Å². The molecule has 0 saturated carbocycles. The van der Waals surface area contributed by atoms with Crippen molar-refractivity contribution in [3.63, 3.8) is 0 Å². The number of hydrogen-bond donors (Lipinski definition) is 0. The summed E-state index contributed by atoms with van der Waals surface area (Å²) in [6.07, 6.45) is 2.09. The highest BCUT2D eigenvalue weighted by atomic mass is 16.5. The van der Waals surface area contributed by atoms with Crippen LogP contribution < -0.4 is 9.64 Å². The first-order valence-electron chi connectivity index (χ1n) is 8.34. The lowest BCUT2D eigenvalue weighted by molar-refractivity contribution is 0.240. The minimum atomic E-state index is 0.223. The van der Waals surface area contributed by atoms with E-state index in [1.54, 1.807) is 0 Å². The quantitative estimate of drug-likeness (QED) is 0.848. The van der Waals surface area contributed by atoms with Gasteiger partial charge in [-0.1, -0.05) is 18.2 Å². The number of anilines is 1. The van der Waals surface area contributed by atoms with Gasteiger partial charge in [0.1, 0.15) is 11.6 Å². The Morgan fingerprint density at radius 2 is 1.74 bits per heavy atom. The van der Waals surface area contributed by atoms with E-state index in [1.165, 1.54) is 5.56 Å². The molecular weight excluding hydrogens is 286 g/mol. The molecule has 3 rings (SSSR count). The van der Waals surface area contributed by atoms with Crippen molar-refractivity contribution >= 4 is 5.82 Å². The lowest BCUT2D eigenvalue weighted by atomic mass is 10.2. The third-order valence-corrected chi connectivity index (χ3v) is 4.05. The molecule has 0 bridgehead atoms. The molecule has 122 valence electrons. The average molecular weight is 311 g/mol. The van der Waals surface area contributed by atoms with Crippen LogP contribution in [0.1, 0.15) is 19.4 Å². The molecule has 0 spiro atoms. The highest BCUT2D eigenvalue weighted by molar-refractivity contribution is 5.38. The topological polar surface area (TPSA) is 28.6 Å². The molecule has 1 fully saturated rings. The molecule has 0 N–H and O–H groups in total. The monoisotopic (exact) mass is 311 g/mol. The molecule has 4 nitrogen and oxygen atoms in total. The van der Waals surface area contributed by atoms with Crippen molar-refractivity contribution in [2.75, 3.05) is 31.1 Å². The second-order valence-electron chi connectivity index (χ2n) is 6.26. The third kappa shape index (κ3) is 4.45. The zero-order valence-corrected chi connectivity index (χ0v) is 14.0. The number of nitrogens with zero attached hydrogens (tertiary/aromatic N) is 3. The van der Waals surface area contributed by atoms with Crippen LogP contribution in [0.3, 0.4) is 0 Å². The van der Waals surface area contributed by atoms with Gasteiger partial charge in [-0.05, 0) is 43.7 Å². The van der Waals surface area contributed by atoms with Crippen LogP contribution in [0.4, 0.5) is 5.82 Å². The standard InChI is InChI=1S/C19H25N3O/c1-16(2)23-18-8-6-17(7-9-18)15-21-11-13-22(14-12-21)19-5-3-4-10-20-19/h3-10,16H,11-15H2,1-2H3. The lowest BCUT2D eigenvalue weighted by Crippen LogP contribution is -2.46. The largest absolute Gasteiger partial charge is 0.491 e. The van der Waals surface area contributed by atoms with Crippen molar-refractivity contribution in [1.82, 2.24) is 9.88 Å². The average Bonchev–Trinajstić information content (AvgIpc) is 2.58. The molecule has 0 unspecified atom stereocenters. The maximum atomic E-state index is 5.69. The predicted molar refractivity (Wildman–Crippen MR) is 93.9 cm³/mol. The molecule has 1 aromatic carbocycles. The molecule has 2 heterocycles. The predicted octanol–water partition coefficient (Wildman–Crippen LogP) is 3.19. The maximum absolute atomic E-state index is 5.69. The van der Waals surface area contributed by atoms with Crippen LogP contribution in [0, 0.1) is 0 Å². The number of ether oxygens (including phenoxy) is 1. The van der Waals surface area contributed by atoms with Gasteiger partial charge >= 0.3 is 0 Å². The molecule has 0 radical (unpaired) electrons. The second kappa shape index (κ2) is 7.47. The van der Waals surface area contributed by atoms with Crippen LogP contribution in [0.5, 0.6) is 5.75 Å². The molecule has 0 amide bonds. The number of hydrogen-bond acceptors (Lipinski definition) is 4. The third-order valence-electron chi connectivity index (χ3n) is 4.05. The Bertz CT molecular complexity index is 590. The summed E-state index contributed by atoms with van der Waals surface area (Å²) < 4.78 is 5.69. The maximum Gasteiger partial charge on any atom is 0.128 e. The fraction of sp³-hybridized carbons (Fsp3) is 0.421. The number of rotatable bonds is 5. The van der Waals surface area contributed by atoms with Crippen molar-refractivity contribution in [2.24, 2.45) is 0 Å². The molecular formula is C19H25N3O. The number of pyridine rings is 1. The van der Waals surface area contributed by atoms with E-state index in [9.17, 15) is 0 Å². The Hall–Kier alpha value is -2.07. The number of piperazine rings is 1. The summed E-state index contributed by atoms with van der Waals surface area (Å²) in [6.45, 7) is 9.31. The van der Waals surface area contributed by atoms with Crippen LogP contribution in [0.15, 0.2) is 48.7 Å². The van der Waals surface area contributed by atoms with Crippen molar-refractivity contribution in [1.29, 1.82) is 0 Å². The van der Waals surface area contributed by atoms with Gasteiger partial charge in [0.25, 0.3) is 0 Å². The normalized spacial score (nSPS) is 15.9. The molecule has 0 atom stereocenters. The summed E-state index contributed by atoms with van der Waals surface area (Å²) in [7, 11) is 0. The Kier molecular flexibility index (Phi) is 5.13. The molecule has 1 aliphatic rings. The molecule has 0 aliphatic carbocycles. The number of aromatic nitrogens is 1. The van der Waals surface area contributed by atoms with Crippen LogP contribution in [0.25, 0.3) is 0 Å². The Labute approximate surface area is 138 Å². The van der Waals surface area contributed by atoms with Crippen LogP contribution >= 0.6 is 0 Å². The summed E-state index contributed by atoms with van der Waals surface area (Å²) in [5.74, 6) is 2.03. The van der Waals surface area contributed by atoms with Gasteiger partial charge < -0.3 is 9.64 Å². The summed E-state index contributed by atoms with van der Waals surface area (Å²) >= 11 is 0. The zero-order chi connectivity index (χ0) is 16.1. The van der Waals surface area contributed by atoms with E-state index in [1.807, 2.05) is 12.3 Å². The van der Waals surface area contributed by atoms with Gasteiger partial charge in [0.15, 0.2) is 0 Å². The van der Waals surface area contributed by atoms with Gasteiger partial charge in [0.2, 0.25) is 0 Å². The van der Waals surface area contributed by atoms with Gasteiger partial charge in [-0.25, -0.2) is 4.98 Å². The van der Waals surface area contributed by atoms with Crippen molar-refractivity contribution in [3.05, 3.63) is 54.2 Å². The highest BCUT2D eigenvalue weighted by Crippen LogP contribution is 2.17. The Balaban J connectivity index is 1.50. The van der Waals surface area contributed by atoms with E-state index in [4.69, 9.17) is 4.74 Å². The van der Waals surface area contributed by atoms with Crippen molar-refractivity contribution < 1.29 is 4.74 Å². The van der Waals surface area contributed by atoms with Gasteiger partial charge in [0.05, 0.1) is 6.10 Å². The summed E-state index contributed by atoms with van der Waals surface area (Å²) in [4.78, 5) is 9.29. The van der Waals surface area contributed by atoms with Crippen LogP contribution in [-0.2, 0) is 6.54 Å². The SMILES string of the molecule is CC(C)Oc1ccc(CN2CCN(c3ccccn3)CC2)cc1. The van der Waals surface area contributed by atoms with Gasteiger partial charge in [-0.2, -0.15) is 0 Å². The smallest absolute Gasteiger partial charge is 0.128 e. The van der Waals surface area contributed by atoms with Gasteiger partial charge in [-0.15, -0.1) is 0 Å². The first kappa shape index (κ1) is 15.8. The molecule has 2 aromatic rings. The van der Waals surface area contributed by atoms with E-state index in [0.29, 0.717) is 0 Å². The fourth-order valence-electron chi connectivity index (χ4n) is 2.88. The molecule has 1 saturated heterocycles. The zero-order valence-electron chi connectivity index (χ0n) is 14.0. The van der Waals surface area contributed by atoms with Crippen molar-refractivity contribution in [3.8, 4) is 5.75 Å². The first-order chi connectivity index (χ1) is 11.2. The summed E-state index contributed by atoms with van der Waals surface area (Å²) in [5, 5.41) is 0. The van der Waals surface area contributed by atoms with E-state index in [2.05, 4.69) is 65.0 Å². The minimum absolute atomic E-state index is 0.223. The van der Waals surface area contributed by atoms with E-state index < -0.39 is 0 Å². The first-order valence-corrected chi connectivity index (χ1v) is 8.34. The Morgan fingerprint density at radius 3 is 2.35 bits per heavy atom. The Morgan fingerprint density at radius 1 is 1.00 bits per heavy atom. The molecule has 1 aliphatic heterocycles. The molecule has 1 aromatic heterocycles. The van der Waals surface area contributed by atoms with E-state index in [-0.39, 0.29) is 6.10 Å².